The summed E-state index contributed by atoms with van der Waals surface area (Å²) in [6.07, 6.45) is -3.86. The molecule has 0 bridgehead atoms. The van der Waals surface area contributed by atoms with E-state index in [1.54, 1.807) is 31.3 Å². The Hall–Kier alpha value is -1.88. The van der Waals surface area contributed by atoms with Crippen LogP contribution in [0, 0.1) is 0 Å². The van der Waals surface area contributed by atoms with Crippen molar-refractivity contribution in [2.45, 2.75) is 25.1 Å². The largest absolute Gasteiger partial charge is 0.416 e. The molecule has 2 aromatic rings. The SMILES string of the molecule is CC(c1ccccn1)C(O)c1cccc(C(F)(F)F)c1. The summed E-state index contributed by atoms with van der Waals surface area (Å²) in [6, 6.07) is 10.0. The van der Waals surface area contributed by atoms with Gasteiger partial charge in [0.05, 0.1) is 11.7 Å². The molecular weight excluding hydrogens is 267 g/mol. The number of hydrogen-bond acceptors (Lipinski definition) is 2. The Morgan fingerprint density at radius 3 is 2.45 bits per heavy atom. The van der Waals surface area contributed by atoms with E-state index in [4.69, 9.17) is 0 Å². The van der Waals surface area contributed by atoms with E-state index in [1.807, 2.05) is 0 Å². The summed E-state index contributed by atoms with van der Waals surface area (Å²) >= 11 is 0. The standard InChI is InChI=1S/C15H14F3NO/c1-10(13-7-2-3-8-19-13)14(20)11-5-4-6-12(9-11)15(16,17)18/h2-10,14,20H,1H3. The second-order valence-electron chi connectivity index (χ2n) is 4.61. The number of benzene rings is 1. The van der Waals surface area contributed by atoms with Crippen molar-refractivity contribution in [3.8, 4) is 0 Å². The maximum Gasteiger partial charge on any atom is 0.416 e. The molecule has 1 N–H and O–H groups in total. The van der Waals surface area contributed by atoms with Crippen molar-refractivity contribution >= 4 is 0 Å². The van der Waals surface area contributed by atoms with Crippen molar-refractivity contribution in [2.75, 3.05) is 0 Å². The van der Waals surface area contributed by atoms with Gasteiger partial charge < -0.3 is 5.11 Å². The molecular formula is C15H14F3NO. The molecule has 0 amide bonds. The number of alkyl halides is 3. The van der Waals surface area contributed by atoms with Gasteiger partial charge in [0.2, 0.25) is 0 Å². The first kappa shape index (κ1) is 14.5. The average molecular weight is 281 g/mol. The van der Waals surface area contributed by atoms with Gasteiger partial charge in [-0.2, -0.15) is 13.2 Å². The second kappa shape index (κ2) is 5.63. The summed E-state index contributed by atoms with van der Waals surface area (Å²) in [5.41, 5.74) is 0.109. The lowest BCUT2D eigenvalue weighted by Gasteiger charge is -2.19. The minimum atomic E-state index is -4.41. The lowest BCUT2D eigenvalue weighted by atomic mass is 9.93. The van der Waals surface area contributed by atoms with Crippen LogP contribution in [-0.4, -0.2) is 10.1 Å². The maximum atomic E-state index is 12.7. The lowest BCUT2D eigenvalue weighted by Crippen LogP contribution is -2.11. The molecule has 1 heterocycles. The Bertz CT molecular complexity index is 569. The zero-order chi connectivity index (χ0) is 14.8. The predicted octanol–water partition coefficient (Wildman–Crippen LogP) is 3.94. The van der Waals surface area contributed by atoms with E-state index in [0.717, 1.165) is 12.1 Å². The highest BCUT2D eigenvalue weighted by Gasteiger charge is 2.31. The van der Waals surface area contributed by atoms with Gasteiger partial charge in [-0.1, -0.05) is 25.1 Å². The van der Waals surface area contributed by atoms with Crippen molar-refractivity contribution in [3.63, 3.8) is 0 Å². The fraction of sp³-hybridized carbons (Fsp3) is 0.267. The molecule has 106 valence electrons. The van der Waals surface area contributed by atoms with E-state index in [9.17, 15) is 18.3 Å². The summed E-state index contributed by atoms with van der Waals surface area (Å²) in [7, 11) is 0. The lowest BCUT2D eigenvalue weighted by molar-refractivity contribution is -0.137. The highest BCUT2D eigenvalue weighted by atomic mass is 19.4. The van der Waals surface area contributed by atoms with Gasteiger partial charge >= 0.3 is 6.18 Å². The fourth-order valence-corrected chi connectivity index (χ4v) is 1.99. The molecule has 0 aliphatic rings. The quantitative estimate of drug-likeness (QED) is 0.924. The Labute approximate surface area is 114 Å². The van der Waals surface area contributed by atoms with E-state index in [0.29, 0.717) is 5.69 Å². The normalized spacial score (nSPS) is 14.8. The molecule has 0 spiro atoms. The highest BCUT2D eigenvalue weighted by molar-refractivity contribution is 5.29. The van der Waals surface area contributed by atoms with Crippen LogP contribution < -0.4 is 0 Å². The first-order chi connectivity index (χ1) is 9.39. The monoisotopic (exact) mass is 281 g/mol. The molecule has 2 rings (SSSR count). The molecule has 2 nitrogen and oxygen atoms in total. The number of pyridine rings is 1. The van der Waals surface area contributed by atoms with Gasteiger partial charge in [0.25, 0.3) is 0 Å². The summed E-state index contributed by atoms with van der Waals surface area (Å²) < 4.78 is 38.0. The third-order valence-corrected chi connectivity index (χ3v) is 3.18. The molecule has 5 heteroatoms. The van der Waals surface area contributed by atoms with Gasteiger partial charge in [-0.25, -0.2) is 0 Å². The van der Waals surface area contributed by atoms with Gasteiger partial charge in [-0.15, -0.1) is 0 Å². The molecule has 1 aromatic heterocycles. The number of hydrogen-bond donors (Lipinski definition) is 1. The third kappa shape index (κ3) is 3.17. The summed E-state index contributed by atoms with van der Waals surface area (Å²) in [4.78, 5) is 4.11. The van der Waals surface area contributed by atoms with Gasteiger partial charge in [-0.05, 0) is 29.8 Å². The van der Waals surface area contributed by atoms with Crippen LogP contribution in [0.3, 0.4) is 0 Å². The molecule has 0 saturated heterocycles. The van der Waals surface area contributed by atoms with Gasteiger partial charge in [0.15, 0.2) is 0 Å². The van der Waals surface area contributed by atoms with E-state index >= 15 is 0 Å². The van der Waals surface area contributed by atoms with Crippen molar-refractivity contribution in [1.29, 1.82) is 0 Å². The molecule has 20 heavy (non-hydrogen) atoms. The Morgan fingerprint density at radius 2 is 1.85 bits per heavy atom. The van der Waals surface area contributed by atoms with Gasteiger partial charge in [-0.3, -0.25) is 4.98 Å². The van der Waals surface area contributed by atoms with E-state index in [1.165, 1.54) is 12.1 Å². The van der Waals surface area contributed by atoms with Crippen LogP contribution in [0.1, 0.15) is 35.8 Å². The fourth-order valence-electron chi connectivity index (χ4n) is 1.99. The Kier molecular flexibility index (Phi) is 4.09. The van der Waals surface area contributed by atoms with Crippen LogP contribution in [-0.2, 0) is 6.18 Å². The first-order valence-corrected chi connectivity index (χ1v) is 6.16. The number of aliphatic hydroxyl groups excluding tert-OH is 1. The zero-order valence-corrected chi connectivity index (χ0v) is 10.8. The molecule has 0 aliphatic heterocycles. The number of rotatable bonds is 3. The number of nitrogens with zero attached hydrogens (tertiary/aromatic N) is 1. The van der Waals surface area contributed by atoms with Crippen LogP contribution in [0.25, 0.3) is 0 Å². The Morgan fingerprint density at radius 1 is 1.10 bits per heavy atom. The van der Waals surface area contributed by atoms with Crippen LogP contribution in [0.15, 0.2) is 48.7 Å². The molecule has 0 fully saturated rings. The minimum absolute atomic E-state index is 0.234. The average Bonchev–Trinajstić information content (AvgIpc) is 2.46. The second-order valence-corrected chi connectivity index (χ2v) is 4.61. The van der Waals surface area contributed by atoms with E-state index in [-0.39, 0.29) is 11.5 Å². The van der Waals surface area contributed by atoms with Crippen LogP contribution in [0.5, 0.6) is 0 Å². The maximum absolute atomic E-state index is 12.7. The summed E-state index contributed by atoms with van der Waals surface area (Å²) in [5, 5.41) is 10.2. The zero-order valence-electron chi connectivity index (χ0n) is 10.8. The molecule has 0 saturated carbocycles. The number of halogens is 3. The van der Waals surface area contributed by atoms with Crippen LogP contribution >= 0.6 is 0 Å². The highest BCUT2D eigenvalue weighted by Crippen LogP contribution is 2.34. The Balaban J connectivity index is 2.27. The predicted molar refractivity (Wildman–Crippen MR) is 69.1 cm³/mol. The molecule has 0 radical (unpaired) electrons. The van der Waals surface area contributed by atoms with Crippen LogP contribution in [0.4, 0.5) is 13.2 Å². The van der Waals surface area contributed by atoms with Gasteiger partial charge in [0, 0.05) is 17.8 Å². The third-order valence-electron chi connectivity index (χ3n) is 3.18. The van der Waals surface area contributed by atoms with E-state index in [2.05, 4.69) is 4.98 Å². The minimum Gasteiger partial charge on any atom is -0.388 e. The number of aromatic nitrogens is 1. The summed E-state index contributed by atoms with van der Waals surface area (Å²) in [5.74, 6) is -0.389. The van der Waals surface area contributed by atoms with Gasteiger partial charge in [0.1, 0.15) is 0 Å². The van der Waals surface area contributed by atoms with Crippen molar-refractivity contribution in [1.82, 2.24) is 4.98 Å². The molecule has 0 aliphatic carbocycles. The smallest absolute Gasteiger partial charge is 0.388 e. The first-order valence-electron chi connectivity index (χ1n) is 6.16. The van der Waals surface area contributed by atoms with E-state index < -0.39 is 17.8 Å². The van der Waals surface area contributed by atoms with Crippen molar-refractivity contribution in [3.05, 3.63) is 65.5 Å². The molecule has 2 unspecified atom stereocenters. The number of aliphatic hydroxyl groups is 1. The molecule has 1 aromatic carbocycles. The van der Waals surface area contributed by atoms with Crippen LogP contribution in [0.2, 0.25) is 0 Å². The van der Waals surface area contributed by atoms with Crippen molar-refractivity contribution in [2.24, 2.45) is 0 Å². The molecule has 2 atom stereocenters. The van der Waals surface area contributed by atoms with Crippen molar-refractivity contribution < 1.29 is 18.3 Å². The topological polar surface area (TPSA) is 33.1 Å². The summed E-state index contributed by atoms with van der Waals surface area (Å²) in [6.45, 7) is 1.73.